The molecule has 0 aliphatic rings. The maximum absolute atomic E-state index is 13.1. The number of hydrogen-bond donors (Lipinski definition) is 1. The summed E-state index contributed by atoms with van der Waals surface area (Å²) in [4.78, 5) is 12.1. The molecular formula is C13H7Cl2F2NO. The Morgan fingerprint density at radius 3 is 2.26 bits per heavy atom. The molecule has 19 heavy (non-hydrogen) atoms. The van der Waals surface area contributed by atoms with Crippen LogP contribution in [0.5, 0.6) is 0 Å². The van der Waals surface area contributed by atoms with Crippen molar-refractivity contribution in [2.75, 3.05) is 5.73 Å². The zero-order chi connectivity index (χ0) is 14.2. The highest BCUT2D eigenvalue weighted by atomic mass is 35.5. The summed E-state index contributed by atoms with van der Waals surface area (Å²) >= 11 is 11.5. The van der Waals surface area contributed by atoms with Crippen molar-refractivity contribution in [1.82, 2.24) is 0 Å². The first kappa shape index (κ1) is 13.8. The molecule has 98 valence electrons. The third kappa shape index (κ3) is 2.69. The number of anilines is 1. The minimum absolute atomic E-state index is 0.138. The summed E-state index contributed by atoms with van der Waals surface area (Å²) in [6.45, 7) is 0. The van der Waals surface area contributed by atoms with Gasteiger partial charge in [-0.3, -0.25) is 4.79 Å². The monoisotopic (exact) mass is 301 g/mol. The van der Waals surface area contributed by atoms with E-state index in [1.807, 2.05) is 0 Å². The van der Waals surface area contributed by atoms with Crippen LogP contribution in [0.2, 0.25) is 10.0 Å². The number of nitrogen functional groups attached to an aromatic ring is 1. The first-order chi connectivity index (χ1) is 8.90. The van der Waals surface area contributed by atoms with Crippen LogP contribution in [0.15, 0.2) is 30.3 Å². The van der Waals surface area contributed by atoms with Crippen LogP contribution in [0.1, 0.15) is 15.9 Å². The fraction of sp³-hybridized carbons (Fsp3) is 0. The van der Waals surface area contributed by atoms with Crippen molar-refractivity contribution >= 4 is 34.7 Å². The molecular weight excluding hydrogens is 295 g/mol. The van der Waals surface area contributed by atoms with Gasteiger partial charge in [0.05, 0.1) is 15.7 Å². The highest BCUT2D eigenvalue weighted by molar-refractivity contribution is 6.36. The van der Waals surface area contributed by atoms with Crippen molar-refractivity contribution in [1.29, 1.82) is 0 Å². The Labute approximate surface area is 117 Å². The van der Waals surface area contributed by atoms with Crippen LogP contribution in [0, 0.1) is 11.6 Å². The van der Waals surface area contributed by atoms with Crippen LogP contribution in [0.25, 0.3) is 0 Å². The van der Waals surface area contributed by atoms with Crippen molar-refractivity contribution in [2.24, 2.45) is 0 Å². The minimum Gasteiger partial charge on any atom is -0.398 e. The van der Waals surface area contributed by atoms with Crippen LogP contribution in [0.4, 0.5) is 14.5 Å². The van der Waals surface area contributed by atoms with Crippen LogP contribution in [0.3, 0.4) is 0 Å². The molecule has 0 radical (unpaired) electrons. The molecule has 2 aromatic carbocycles. The summed E-state index contributed by atoms with van der Waals surface area (Å²) in [6.07, 6.45) is 0. The van der Waals surface area contributed by atoms with Gasteiger partial charge in [-0.1, -0.05) is 23.2 Å². The quantitative estimate of drug-likeness (QED) is 0.516. The molecule has 0 saturated carbocycles. The lowest BCUT2D eigenvalue weighted by atomic mass is 10.0. The van der Waals surface area contributed by atoms with Crippen LogP contribution in [-0.2, 0) is 0 Å². The lowest BCUT2D eigenvalue weighted by Crippen LogP contribution is -2.04. The normalized spacial score (nSPS) is 10.5. The molecule has 2 aromatic rings. The number of nitrogens with two attached hydrogens (primary N) is 1. The standard InChI is InChI=1S/C13H7Cl2F2NO/c14-8-5-11(17)10(16)4-7(8)13(19)6-1-2-12(18)9(15)3-6/h1-5H,18H2. The fourth-order valence-corrected chi connectivity index (χ4v) is 1.94. The van der Waals surface area contributed by atoms with Crippen molar-refractivity contribution in [3.05, 3.63) is 63.1 Å². The van der Waals surface area contributed by atoms with Gasteiger partial charge in [-0.25, -0.2) is 8.78 Å². The van der Waals surface area contributed by atoms with E-state index in [-0.39, 0.29) is 21.2 Å². The van der Waals surface area contributed by atoms with Gasteiger partial charge in [0, 0.05) is 11.1 Å². The lowest BCUT2D eigenvalue weighted by Gasteiger charge is -2.06. The topological polar surface area (TPSA) is 43.1 Å². The van der Waals surface area contributed by atoms with Crippen LogP contribution >= 0.6 is 23.2 Å². The van der Waals surface area contributed by atoms with Crippen LogP contribution in [-0.4, -0.2) is 5.78 Å². The molecule has 0 aliphatic carbocycles. The van der Waals surface area contributed by atoms with Gasteiger partial charge in [-0.15, -0.1) is 0 Å². The maximum Gasteiger partial charge on any atom is 0.194 e. The summed E-state index contributed by atoms with van der Waals surface area (Å²) in [5.41, 5.74) is 5.89. The lowest BCUT2D eigenvalue weighted by molar-refractivity contribution is 0.103. The van der Waals surface area contributed by atoms with Gasteiger partial charge in [0.15, 0.2) is 17.4 Å². The largest absolute Gasteiger partial charge is 0.398 e. The van der Waals surface area contributed by atoms with Gasteiger partial charge in [-0.05, 0) is 30.3 Å². The van der Waals surface area contributed by atoms with Gasteiger partial charge in [0.1, 0.15) is 0 Å². The predicted octanol–water partition coefficient (Wildman–Crippen LogP) is 4.08. The Kier molecular flexibility index (Phi) is 3.73. The molecule has 0 spiro atoms. The highest BCUT2D eigenvalue weighted by Gasteiger charge is 2.17. The summed E-state index contributed by atoms with van der Waals surface area (Å²) < 4.78 is 26.1. The van der Waals surface area contributed by atoms with Gasteiger partial charge >= 0.3 is 0 Å². The summed E-state index contributed by atoms with van der Waals surface area (Å²) in [6, 6.07) is 5.73. The van der Waals surface area contributed by atoms with Crippen molar-refractivity contribution < 1.29 is 13.6 Å². The SMILES string of the molecule is Nc1ccc(C(=O)c2cc(F)c(F)cc2Cl)cc1Cl. The molecule has 0 aromatic heterocycles. The van der Waals surface area contributed by atoms with E-state index in [0.29, 0.717) is 5.69 Å². The van der Waals surface area contributed by atoms with Gasteiger partial charge in [0.25, 0.3) is 0 Å². The van der Waals surface area contributed by atoms with Gasteiger partial charge in [0.2, 0.25) is 0 Å². The molecule has 2 rings (SSSR count). The smallest absolute Gasteiger partial charge is 0.194 e. The third-order valence-corrected chi connectivity index (χ3v) is 3.16. The van der Waals surface area contributed by atoms with Crippen LogP contribution < -0.4 is 5.73 Å². The Balaban J connectivity index is 2.49. The number of ketones is 1. The second kappa shape index (κ2) is 5.15. The maximum atomic E-state index is 13.1. The van der Waals surface area contributed by atoms with E-state index in [2.05, 4.69) is 0 Å². The van der Waals surface area contributed by atoms with E-state index >= 15 is 0 Å². The van der Waals surface area contributed by atoms with E-state index in [4.69, 9.17) is 28.9 Å². The Bertz CT molecular complexity index is 674. The minimum atomic E-state index is -1.14. The fourth-order valence-electron chi connectivity index (χ4n) is 1.52. The van der Waals surface area contributed by atoms with E-state index in [1.54, 1.807) is 0 Å². The number of carbonyl (C=O) groups is 1. The van der Waals surface area contributed by atoms with E-state index < -0.39 is 17.4 Å². The van der Waals surface area contributed by atoms with E-state index in [0.717, 1.165) is 12.1 Å². The van der Waals surface area contributed by atoms with Gasteiger partial charge < -0.3 is 5.73 Å². The third-order valence-electron chi connectivity index (χ3n) is 2.52. The highest BCUT2D eigenvalue weighted by Crippen LogP contribution is 2.25. The molecule has 0 amide bonds. The first-order valence-corrected chi connectivity index (χ1v) is 5.90. The molecule has 0 heterocycles. The van der Waals surface area contributed by atoms with Crippen molar-refractivity contribution in [3.63, 3.8) is 0 Å². The second-order valence-electron chi connectivity index (χ2n) is 3.81. The Morgan fingerprint density at radius 2 is 1.63 bits per heavy atom. The number of halogens is 4. The number of benzene rings is 2. The van der Waals surface area contributed by atoms with E-state index in [1.165, 1.54) is 18.2 Å². The summed E-state index contributed by atoms with van der Waals surface area (Å²) in [5.74, 6) is -2.82. The molecule has 2 nitrogen and oxygen atoms in total. The zero-order valence-corrected chi connectivity index (χ0v) is 10.9. The molecule has 0 unspecified atom stereocenters. The molecule has 0 bridgehead atoms. The number of hydrogen-bond acceptors (Lipinski definition) is 2. The first-order valence-electron chi connectivity index (χ1n) is 5.14. The molecule has 6 heteroatoms. The van der Waals surface area contributed by atoms with Crippen molar-refractivity contribution in [2.45, 2.75) is 0 Å². The number of rotatable bonds is 2. The Hall–Kier alpha value is -1.65. The molecule has 0 saturated heterocycles. The van der Waals surface area contributed by atoms with Crippen molar-refractivity contribution in [3.8, 4) is 0 Å². The predicted molar refractivity (Wildman–Crippen MR) is 70.7 cm³/mol. The molecule has 0 atom stereocenters. The zero-order valence-electron chi connectivity index (χ0n) is 9.38. The molecule has 0 aliphatic heterocycles. The molecule has 2 N–H and O–H groups in total. The number of carbonyl (C=O) groups excluding carboxylic acids is 1. The summed E-state index contributed by atoms with van der Waals surface area (Å²) in [7, 11) is 0. The Morgan fingerprint density at radius 1 is 1.00 bits per heavy atom. The molecule has 0 fully saturated rings. The van der Waals surface area contributed by atoms with Gasteiger partial charge in [-0.2, -0.15) is 0 Å². The summed E-state index contributed by atoms with van der Waals surface area (Å²) in [5, 5.41) is 0.0291. The second-order valence-corrected chi connectivity index (χ2v) is 4.63. The average Bonchev–Trinajstić information content (AvgIpc) is 2.36. The van der Waals surface area contributed by atoms with E-state index in [9.17, 15) is 13.6 Å². The average molecular weight is 302 g/mol.